The summed E-state index contributed by atoms with van der Waals surface area (Å²) in [5, 5.41) is 23.4. The molecule has 1 aliphatic heterocycles. The third-order valence-corrected chi connectivity index (χ3v) is 5.45. The first-order valence-corrected chi connectivity index (χ1v) is 10.4. The van der Waals surface area contributed by atoms with E-state index in [0.29, 0.717) is 18.1 Å². The Bertz CT molecular complexity index is 1120. The van der Waals surface area contributed by atoms with Crippen molar-refractivity contribution in [1.82, 2.24) is 14.8 Å². The fourth-order valence-electron chi connectivity index (χ4n) is 3.94. The number of hydrogen-bond acceptors (Lipinski definition) is 7. The number of anilines is 1. The lowest BCUT2D eigenvalue weighted by Gasteiger charge is -2.24. The Morgan fingerprint density at radius 2 is 2.03 bits per heavy atom. The van der Waals surface area contributed by atoms with Crippen LogP contribution < -0.4 is 10.6 Å². The van der Waals surface area contributed by atoms with Crippen LogP contribution in [0.25, 0.3) is 28.0 Å². The molecule has 1 fully saturated rings. The van der Waals surface area contributed by atoms with E-state index in [-0.39, 0.29) is 0 Å². The van der Waals surface area contributed by atoms with Crippen molar-refractivity contribution in [3.8, 4) is 11.1 Å². The van der Waals surface area contributed by atoms with Gasteiger partial charge in [0.2, 0.25) is 0 Å². The van der Waals surface area contributed by atoms with Gasteiger partial charge in [-0.25, -0.2) is 4.98 Å². The molecular formula is C23H28N6O2. The molecule has 8 nitrogen and oxygen atoms in total. The molecule has 2 aromatic heterocycles. The molecule has 1 aromatic carbocycles. The molecule has 0 aliphatic carbocycles. The highest BCUT2D eigenvalue weighted by Gasteiger charge is 2.24. The number of nitrogens with two attached hydrogens (primary N) is 1. The molecule has 0 radical (unpaired) electrons. The van der Waals surface area contributed by atoms with E-state index in [1.54, 1.807) is 24.7 Å². The highest BCUT2D eigenvalue weighted by molar-refractivity contribution is 5.96. The molecule has 8 heteroatoms. The predicted molar refractivity (Wildman–Crippen MR) is 123 cm³/mol. The van der Waals surface area contributed by atoms with Gasteiger partial charge in [-0.3, -0.25) is 0 Å². The van der Waals surface area contributed by atoms with E-state index < -0.39 is 5.60 Å². The van der Waals surface area contributed by atoms with Crippen LogP contribution >= 0.6 is 0 Å². The van der Waals surface area contributed by atoms with Crippen molar-refractivity contribution in [2.24, 2.45) is 5.73 Å². The number of nitrogens with one attached hydrogen (secondary N) is 1. The minimum atomic E-state index is -1.02. The first-order chi connectivity index (χ1) is 14.9. The van der Waals surface area contributed by atoms with Crippen molar-refractivity contribution >= 4 is 28.9 Å². The average molecular weight is 421 g/mol. The normalized spacial score (nSPS) is 15.8. The molecule has 1 aliphatic rings. The second-order valence-electron chi connectivity index (χ2n) is 8.14. The van der Waals surface area contributed by atoms with Gasteiger partial charge >= 0.3 is 0 Å². The van der Waals surface area contributed by atoms with E-state index in [2.05, 4.69) is 16.1 Å². The van der Waals surface area contributed by atoms with E-state index in [1.165, 1.54) is 6.08 Å². The smallest absolute Gasteiger partial charge is 0.167 e. The second kappa shape index (κ2) is 8.49. The molecule has 4 N–H and O–H groups in total. The van der Waals surface area contributed by atoms with Gasteiger partial charge in [0.25, 0.3) is 0 Å². The van der Waals surface area contributed by atoms with E-state index >= 15 is 0 Å². The van der Waals surface area contributed by atoms with Gasteiger partial charge in [-0.1, -0.05) is 24.3 Å². The summed E-state index contributed by atoms with van der Waals surface area (Å²) in [5.41, 5.74) is 8.42. The number of benzene rings is 1. The van der Waals surface area contributed by atoms with Gasteiger partial charge in [0.05, 0.1) is 18.4 Å². The van der Waals surface area contributed by atoms with Crippen LogP contribution in [0, 0.1) is 5.41 Å². The molecule has 0 unspecified atom stereocenters. The van der Waals surface area contributed by atoms with Crippen molar-refractivity contribution in [3.05, 3.63) is 48.2 Å². The summed E-state index contributed by atoms with van der Waals surface area (Å²) in [6.45, 7) is 6.53. The Morgan fingerprint density at radius 1 is 1.23 bits per heavy atom. The number of nitrogens with zero attached hydrogens (tertiary/aromatic N) is 4. The van der Waals surface area contributed by atoms with Gasteiger partial charge in [-0.2, -0.15) is 9.78 Å². The number of ether oxygens (including phenoxy) is 1. The first-order valence-electron chi connectivity index (χ1n) is 10.4. The van der Waals surface area contributed by atoms with E-state index in [4.69, 9.17) is 20.9 Å². The zero-order valence-corrected chi connectivity index (χ0v) is 17.9. The fourth-order valence-corrected chi connectivity index (χ4v) is 3.94. The molecule has 0 bridgehead atoms. The summed E-state index contributed by atoms with van der Waals surface area (Å²) >= 11 is 0. The zero-order chi connectivity index (χ0) is 22.0. The van der Waals surface area contributed by atoms with Gasteiger partial charge in [0.15, 0.2) is 5.65 Å². The van der Waals surface area contributed by atoms with Crippen molar-refractivity contribution in [1.29, 1.82) is 5.41 Å². The summed E-state index contributed by atoms with van der Waals surface area (Å²) in [4.78, 5) is 7.10. The Balaban J connectivity index is 1.98. The maximum atomic E-state index is 10.8. The van der Waals surface area contributed by atoms with Crippen molar-refractivity contribution in [3.63, 3.8) is 0 Å². The van der Waals surface area contributed by atoms with Crippen molar-refractivity contribution < 1.29 is 9.84 Å². The summed E-state index contributed by atoms with van der Waals surface area (Å²) in [6, 6.07) is 9.89. The molecule has 0 atom stereocenters. The lowest BCUT2D eigenvalue weighted by molar-refractivity contribution is 0.0792. The SMILES string of the molecule is CC(C)(O)c1ccccc1-c1cc(N2CCCOCC2)nc2c1cnn2/C(N)=C/C=N. The zero-order valence-electron chi connectivity index (χ0n) is 17.9. The Kier molecular flexibility index (Phi) is 5.75. The van der Waals surface area contributed by atoms with Crippen LogP contribution in [0.2, 0.25) is 0 Å². The Labute approximate surface area is 181 Å². The number of hydrogen-bond donors (Lipinski definition) is 3. The molecule has 31 heavy (non-hydrogen) atoms. The summed E-state index contributed by atoms with van der Waals surface area (Å²) < 4.78 is 7.17. The minimum Gasteiger partial charge on any atom is -0.386 e. The average Bonchev–Trinajstić information content (AvgIpc) is 2.98. The largest absolute Gasteiger partial charge is 0.386 e. The quantitative estimate of drug-likeness (QED) is 0.547. The lowest BCUT2D eigenvalue weighted by atomic mass is 9.89. The summed E-state index contributed by atoms with van der Waals surface area (Å²) in [5.74, 6) is 1.12. The van der Waals surface area contributed by atoms with Crippen LogP contribution in [0.5, 0.6) is 0 Å². The van der Waals surface area contributed by atoms with E-state index in [1.807, 2.05) is 24.3 Å². The number of allylic oxidation sites excluding steroid dienone is 1. The number of pyridine rings is 1. The van der Waals surface area contributed by atoms with Crippen LogP contribution in [0.4, 0.5) is 5.82 Å². The van der Waals surface area contributed by atoms with Crippen LogP contribution in [0.3, 0.4) is 0 Å². The van der Waals surface area contributed by atoms with Crippen LogP contribution in [-0.2, 0) is 10.3 Å². The van der Waals surface area contributed by atoms with Gasteiger partial charge in [0.1, 0.15) is 11.6 Å². The van der Waals surface area contributed by atoms with E-state index in [0.717, 1.165) is 60.2 Å². The second-order valence-corrected chi connectivity index (χ2v) is 8.14. The number of rotatable bonds is 5. The van der Waals surface area contributed by atoms with Crippen molar-refractivity contribution in [2.75, 3.05) is 31.2 Å². The minimum absolute atomic E-state index is 0.315. The van der Waals surface area contributed by atoms with Gasteiger partial charge < -0.3 is 25.9 Å². The molecule has 3 aromatic rings. The van der Waals surface area contributed by atoms with Crippen LogP contribution in [-0.4, -0.2) is 52.4 Å². The number of aliphatic hydroxyl groups is 1. The summed E-state index contributed by atoms with van der Waals surface area (Å²) in [7, 11) is 0. The molecule has 4 rings (SSSR count). The van der Waals surface area contributed by atoms with Crippen LogP contribution in [0.15, 0.2) is 42.6 Å². The number of aromatic nitrogens is 3. The fraction of sp³-hybridized carbons (Fsp3) is 0.348. The van der Waals surface area contributed by atoms with Crippen molar-refractivity contribution in [2.45, 2.75) is 25.9 Å². The van der Waals surface area contributed by atoms with Crippen LogP contribution in [0.1, 0.15) is 25.8 Å². The molecule has 0 saturated carbocycles. The van der Waals surface area contributed by atoms with Gasteiger partial charge in [-0.05, 0) is 49.1 Å². The van der Waals surface area contributed by atoms with E-state index in [9.17, 15) is 5.11 Å². The molecule has 1 saturated heterocycles. The van der Waals surface area contributed by atoms with Gasteiger partial charge in [0, 0.05) is 31.3 Å². The monoisotopic (exact) mass is 420 g/mol. The summed E-state index contributed by atoms with van der Waals surface area (Å²) in [6.07, 6.45) is 5.26. The third-order valence-electron chi connectivity index (χ3n) is 5.45. The molecule has 0 amide bonds. The number of fused-ring (bicyclic) bond motifs is 1. The standard InChI is InChI=1S/C23H28N6O2/c1-23(2,30)19-7-4-3-6-16(19)17-14-21(28-10-5-12-31-13-11-28)27-22-18(17)15-26-29(22)20(25)8-9-24/h3-4,6-9,14-15,24,30H,5,10-13,25H2,1-2H3/b20-8+,24-9?. The highest BCUT2D eigenvalue weighted by atomic mass is 16.5. The van der Waals surface area contributed by atoms with Gasteiger partial charge in [-0.15, -0.1) is 0 Å². The molecule has 162 valence electrons. The maximum Gasteiger partial charge on any atom is 0.167 e. The predicted octanol–water partition coefficient (Wildman–Crippen LogP) is 2.96. The lowest BCUT2D eigenvalue weighted by Crippen LogP contribution is -2.27. The first kappa shape index (κ1) is 21.0. The topological polar surface area (TPSA) is 113 Å². The Hall–Kier alpha value is -3.23. The molecule has 0 spiro atoms. The molecular weight excluding hydrogens is 392 g/mol. The highest BCUT2D eigenvalue weighted by Crippen LogP contribution is 2.37. The maximum absolute atomic E-state index is 10.8. The molecule has 3 heterocycles. The third kappa shape index (κ3) is 4.17. The Morgan fingerprint density at radius 3 is 2.81 bits per heavy atom.